The van der Waals surface area contributed by atoms with Gasteiger partial charge in [0, 0.05) is 0 Å². The minimum Gasteiger partial charge on any atom is -0.480 e. The SMILES string of the molecule is CC1(C)O[C@H]2[C@H](CN(C(=O)O)[C@@H]2C(=O)O)O1. The lowest BCUT2D eigenvalue weighted by Gasteiger charge is -2.25. The molecule has 2 N–H and O–H groups in total. The van der Waals surface area contributed by atoms with Gasteiger partial charge < -0.3 is 19.7 Å². The number of carboxylic acids is 1. The van der Waals surface area contributed by atoms with E-state index in [4.69, 9.17) is 19.7 Å². The number of amides is 1. The zero-order valence-electron chi connectivity index (χ0n) is 8.91. The molecule has 0 aromatic rings. The van der Waals surface area contributed by atoms with Crippen molar-refractivity contribution in [1.82, 2.24) is 4.90 Å². The second kappa shape index (κ2) is 3.33. The second-order valence-electron chi connectivity index (χ2n) is 4.36. The third-order valence-corrected chi connectivity index (χ3v) is 2.74. The molecule has 2 rings (SSSR count). The zero-order valence-corrected chi connectivity index (χ0v) is 8.91. The van der Waals surface area contributed by atoms with E-state index in [1.54, 1.807) is 13.8 Å². The highest BCUT2D eigenvalue weighted by molar-refractivity contribution is 5.81. The number of aliphatic carboxylic acids is 1. The normalized spacial score (nSPS) is 36.1. The first-order chi connectivity index (χ1) is 7.32. The van der Waals surface area contributed by atoms with Crippen molar-refractivity contribution in [1.29, 1.82) is 0 Å². The first kappa shape index (κ1) is 11.2. The Morgan fingerprint density at radius 1 is 1.31 bits per heavy atom. The molecule has 3 atom stereocenters. The minimum atomic E-state index is -1.27. The van der Waals surface area contributed by atoms with Gasteiger partial charge in [-0.25, -0.2) is 9.59 Å². The van der Waals surface area contributed by atoms with Crippen LogP contribution in [-0.2, 0) is 14.3 Å². The molecule has 2 saturated heterocycles. The number of carbonyl (C=O) groups is 2. The molecule has 0 unspecified atom stereocenters. The largest absolute Gasteiger partial charge is 0.480 e. The first-order valence-corrected chi connectivity index (χ1v) is 4.90. The van der Waals surface area contributed by atoms with Crippen molar-refractivity contribution in [3.05, 3.63) is 0 Å². The summed E-state index contributed by atoms with van der Waals surface area (Å²) in [6.45, 7) is 3.38. The lowest BCUT2D eigenvalue weighted by Crippen LogP contribution is -2.46. The quantitative estimate of drug-likeness (QED) is 0.657. The van der Waals surface area contributed by atoms with Crippen LogP contribution in [-0.4, -0.2) is 57.8 Å². The van der Waals surface area contributed by atoms with Crippen molar-refractivity contribution in [2.75, 3.05) is 6.54 Å². The summed E-state index contributed by atoms with van der Waals surface area (Å²) in [4.78, 5) is 22.7. The monoisotopic (exact) mass is 231 g/mol. The molecule has 90 valence electrons. The molecule has 0 radical (unpaired) electrons. The maximum Gasteiger partial charge on any atom is 0.408 e. The van der Waals surface area contributed by atoms with Gasteiger partial charge in [0.05, 0.1) is 6.54 Å². The van der Waals surface area contributed by atoms with Gasteiger partial charge in [0.2, 0.25) is 0 Å². The van der Waals surface area contributed by atoms with E-state index in [2.05, 4.69) is 0 Å². The van der Waals surface area contributed by atoms with E-state index in [0.717, 1.165) is 4.90 Å². The van der Waals surface area contributed by atoms with E-state index in [1.165, 1.54) is 0 Å². The van der Waals surface area contributed by atoms with Gasteiger partial charge >= 0.3 is 12.1 Å². The highest BCUT2D eigenvalue weighted by Crippen LogP contribution is 2.36. The van der Waals surface area contributed by atoms with E-state index >= 15 is 0 Å². The van der Waals surface area contributed by atoms with E-state index in [1.807, 2.05) is 0 Å². The van der Waals surface area contributed by atoms with Crippen LogP contribution in [0.1, 0.15) is 13.8 Å². The Bertz CT molecular complexity index is 341. The molecule has 2 aliphatic rings. The molecule has 2 fully saturated rings. The van der Waals surface area contributed by atoms with E-state index in [0.29, 0.717) is 0 Å². The maximum absolute atomic E-state index is 11.0. The molecule has 0 aliphatic carbocycles. The van der Waals surface area contributed by atoms with Gasteiger partial charge in [-0.2, -0.15) is 0 Å². The molecule has 0 aromatic carbocycles. The topological polar surface area (TPSA) is 96.3 Å². The van der Waals surface area contributed by atoms with Crippen LogP contribution in [0.4, 0.5) is 4.79 Å². The van der Waals surface area contributed by atoms with Gasteiger partial charge in [0.15, 0.2) is 11.8 Å². The van der Waals surface area contributed by atoms with Crippen LogP contribution in [0.15, 0.2) is 0 Å². The van der Waals surface area contributed by atoms with Crippen LogP contribution in [0.2, 0.25) is 0 Å². The van der Waals surface area contributed by atoms with Crippen LogP contribution in [0, 0.1) is 0 Å². The molecular formula is C9H13NO6. The molecule has 7 heteroatoms. The summed E-state index contributed by atoms with van der Waals surface area (Å²) in [5.74, 6) is -2.07. The predicted octanol–water partition coefficient (Wildman–Crippen LogP) is -0.0467. The molecule has 0 aromatic heterocycles. The Hall–Kier alpha value is -1.34. The molecule has 16 heavy (non-hydrogen) atoms. The van der Waals surface area contributed by atoms with Crippen molar-refractivity contribution >= 4 is 12.1 Å². The number of hydrogen-bond acceptors (Lipinski definition) is 4. The summed E-state index contributed by atoms with van der Waals surface area (Å²) in [5, 5.41) is 17.9. The Labute approximate surface area is 91.5 Å². The summed E-state index contributed by atoms with van der Waals surface area (Å²) in [6, 6.07) is -1.19. The van der Waals surface area contributed by atoms with E-state index < -0.39 is 36.1 Å². The summed E-state index contributed by atoms with van der Waals surface area (Å²) < 4.78 is 10.9. The van der Waals surface area contributed by atoms with Gasteiger partial charge in [0.25, 0.3) is 0 Å². The summed E-state index contributed by atoms with van der Waals surface area (Å²) in [7, 11) is 0. The Morgan fingerprint density at radius 3 is 2.44 bits per heavy atom. The van der Waals surface area contributed by atoms with Crippen LogP contribution in [0.5, 0.6) is 0 Å². The molecule has 1 amide bonds. The van der Waals surface area contributed by atoms with Crippen molar-refractivity contribution < 1.29 is 29.3 Å². The van der Waals surface area contributed by atoms with Crippen LogP contribution in [0.25, 0.3) is 0 Å². The second-order valence-corrected chi connectivity index (χ2v) is 4.36. The molecule has 2 heterocycles. The number of carboxylic acid groups (broad SMARTS) is 2. The van der Waals surface area contributed by atoms with Gasteiger partial charge in [-0.05, 0) is 13.8 Å². The van der Waals surface area contributed by atoms with Crippen LogP contribution >= 0.6 is 0 Å². The lowest BCUT2D eigenvalue weighted by molar-refractivity contribution is -0.168. The number of likely N-dealkylation sites (tertiary alicyclic amines) is 1. The fourth-order valence-corrected chi connectivity index (χ4v) is 2.23. The minimum absolute atomic E-state index is 0.0282. The van der Waals surface area contributed by atoms with Crippen LogP contribution < -0.4 is 0 Å². The third kappa shape index (κ3) is 1.61. The smallest absolute Gasteiger partial charge is 0.408 e. The number of ether oxygens (including phenoxy) is 2. The average Bonchev–Trinajstić information content (AvgIpc) is 2.54. The van der Waals surface area contributed by atoms with Crippen LogP contribution in [0.3, 0.4) is 0 Å². The Morgan fingerprint density at radius 2 is 1.94 bits per heavy atom. The standard InChI is InChI=1S/C9H13NO6/c1-9(2)15-4-3-10(8(13)14)5(7(11)12)6(4)16-9/h4-6H,3H2,1-2H3,(H,11,12)(H,13,14)/t4-,5-,6-/m0/s1. The molecular weight excluding hydrogens is 218 g/mol. The van der Waals surface area contributed by atoms with Crippen molar-refractivity contribution in [2.24, 2.45) is 0 Å². The van der Waals surface area contributed by atoms with Gasteiger partial charge in [-0.3, -0.25) is 4.90 Å². The van der Waals surface area contributed by atoms with Gasteiger partial charge in [-0.15, -0.1) is 0 Å². The maximum atomic E-state index is 11.0. The average molecular weight is 231 g/mol. The zero-order chi connectivity index (χ0) is 12.1. The predicted molar refractivity (Wildman–Crippen MR) is 50.0 cm³/mol. The van der Waals surface area contributed by atoms with Gasteiger partial charge in [-0.1, -0.05) is 0 Å². The highest BCUT2D eigenvalue weighted by atomic mass is 16.8. The van der Waals surface area contributed by atoms with Crippen molar-refractivity contribution in [3.63, 3.8) is 0 Å². The Balaban J connectivity index is 2.23. The number of hydrogen-bond donors (Lipinski definition) is 2. The summed E-state index contributed by atoms with van der Waals surface area (Å²) in [5.41, 5.74) is 0. The number of nitrogens with zero attached hydrogens (tertiary/aromatic N) is 1. The highest BCUT2D eigenvalue weighted by Gasteiger charge is 2.56. The first-order valence-electron chi connectivity index (χ1n) is 4.90. The summed E-state index contributed by atoms with van der Waals surface area (Å²) >= 11 is 0. The lowest BCUT2D eigenvalue weighted by atomic mass is 10.1. The molecule has 0 bridgehead atoms. The molecule has 7 nitrogen and oxygen atoms in total. The fraction of sp³-hybridized carbons (Fsp3) is 0.778. The third-order valence-electron chi connectivity index (χ3n) is 2.74. The number of rotatable bonds is 1. The van der Waals surface area contributed by atoms with E-state index in [9.17, 15) is 9.59 Å². The van der Waals surface area contributed by atoms with Gasteiger partial charge in [0.1, 0.15) is 12.2 Å². The van der Waals surface area contributed by atoms with Crippen molar-refractivity contribution in [2.45, 2.75) is 37.9 Å². The summed E-state index contributed by atoms with van der Waals surface area (Å²) in [6.07, 6.45) is -2.51. The Kier molecular flexibility index (Phi) is 2.32. The number of fused-ring (bicyclic) bond motifs is 1. The molecule has 2 aliphatic heterocycles. The molecule has 0 spiro atoms. The fourth-order valence-electron chi connectivity index (χ4n) is 2.23. The van der Waals surface area contributed by atoms with Crippen molar-refractivity contribution in [3.8, 4) is 0 Å². The molecule has 0 saturated carbocycles. The van der Waals surface area contributed by atoms with E-state index in [-0.39, 0.29) is 6.54 Å².